The second kappa shape index (κ2) is 8.40. The van der Waals surface area contributed by atoms with Gasteiger partial charge in [-0.25, -0.2) is 15.0 Å². The van der Waals surface area contributed by atoms with E-state index in [9.17, 15) is 18.0 Å². The molecule has 3 N–H and O–H groups in total. The summed E-state index contributed by atoms with van der Waals surface area (Å²) in [5, 5.41) is 9.40. The number of fused-ring (bicyclic) bond motifs is 1. The molecular weight excluding hydrogens is 425 g/mol. The van der Waals surface area contributed by atoms with Gasteiger partial charge in [-0.3, -0.25) is 4.79 Å². The number of nitrogens with zero attached hydrogens (tertiary/aromatic N) is 5. The summed E-state index contributed by atoms with van der Waals surface area (Å²) in [4.78, 5) is 30.5. The summed E-state index contributed by atoms with van der Waals surface area (Å²) in [5.41, 5.74) is 0.292. The van der Waals surface area contributed by atoms with Crippen LogP contribution in [0, 0.1) is 6.92 Å². The number of amides is 1. The van der Waals surface area contributed by atoms with Crippen molar-refractivity contribution in [2.45, 2.75) is 63.8 Å². The van der Waals surface area contributed by atoms with Crippen molar-refractivity contribution in [1.29, 1.82) is 0 Å². The third-order valence-electron chi connectivity index (χ3n) is 5.87. The molecule has 0 radical (unpaired) electrons. The van der Waals surface area contributed by atoms with Gasteiger partial charge < -0.3 is 20.9 Å². The molecule has 0 saturated heterocycles. The number of hydrogen-bond donors (Lipinski definition) is 3. The van der Waals surface area contributed by atoms with Crippen molar-refractivity contribution in [2.75, 3.05) is 27.9 Å². The van der Waals surface area contributed by atoms with Crippen LogP contribution >= 0.6 is 0 Å². The number of nitrogens with one attached hydrogen (secondary N) is 3. The van der Waals surface area contributed by atoms with Crippen molar-refractivity contribution in [2.24, 2.45) is 0 Å². The highest BCUT2D eigenvalue weighted by atomic mass is 19.4. The van der Waals surface area contributed by atoms with Gasteiger partial charge in [0, 0.05) is 19.1 Å². The number of aryl methyl sites for hydroxylation is 1. The predicted molar refractivity (Wildman–Crippen MR) is 114 cm³/mol. The SMILES string of the molecule is CCC1C(=O)Nc2c(C)nc(N[C@@H]3CC[C@H](Nc4cnc(C(F)(F)F)cn4)C3)nc2N1C. The van der Waals surface area contributed by atoms with Gasteiger partial charge in [0.1, 0.15) is 17.5 Å². The first-order valence-electron chi connectivity index (χ1n) is 10.5. The molecule has 1 unspecified atom stereocenters. The number of anilines is 4. The average Bonchev–Trinajstić information content (AvgIpc) is 3.16. The number of halogens is 3. The third kappa shape index (κ3) is 4.39. The van der Waals surface area contributed by atoms with Crippen molar-refractivity contribution >= 4 is 29.2 Å². The zero-order chi connectivity index (χ0) is 23.0. The van der Waals surface area contributed by atoms with Crippen molar-refractivity contribution in [1.82, 2.24) is 19.9 Å². The highest BCUT2D eigenvalue weighted by Gasteiger charge is 2.34. The molecule has 1 aliphatic heterocycles. The fourth-order valence-electron chi connectivity index (χ4n) is 4.20. The van der Waals surface area contributed by atoms with Gasteiger partial charge in [-0.2, -0.15) is 18.2 Å². The first kappa shape index (κ1) is 22.0. The Balaban J connectivity index is 1.40. The van der Waals surface area contributed by atoms with E-state index in [-0.39, 0.29) is 24.0 Å². The van der Waals surface area contributed by atoms with Gasteiger partial charge >= 0.3 is 6.18 Å². The molecule has 9 nitrogen and oxygen atoms in total. The molecule has 3 atom stereocenters. The lowest BCUT2D eigenvalue weighted by molar-refractivity contribution is -0.141. The Labute approximate surface area is 183 Å². The summed E-state index contributed by atoms with van der Waals surface area (Å²) in [7, 11) is 1.85. The van der Waals surface area contributed by atoms with Gasteiger partial charge in [0.05, 0.1) is 18.1 Å². The zero-order valence-corrected chi connectivity index (χ0v) is 18.0. The Hall–Kier alpha value is -3.18. The van der Waals surface area contributed by atoms with Crippen molar-refractivity contribution in [3.05, 3.63) is 23.8 Å². The number of hydrogen-bond acceptors (Lipinski definition) is 8. The molecule has 172 valence electrons. The number of carbonyl (C=O) groups excluding carboxylic acids is 1. The maximum absolute atomic E-state index is 12.6. The lowest BCUT2D eigenvalue weighted by Crippen LogP contribution is -2.46. The molecule has 1 fully saturated rings. The Morgan fingerprint density at radius 2 is 1.88 bits per heavy atom. The van der Waals surface area contributed by atoms with Crippen LogP contribution < -0.4 is 20.9 Å². The topological polar surface area (TPSA) is 108 Å². The summed E-state index contributed by atoms with van der Waals surface area (Å²) in [5.74, 6) is 1.41. The Bertz CT molecular complexity index is 998. The summed E-state index contributed by atoms with van der Waals surface area (Å²) < 4.78 is 37.9. The minimum atomic E-state index is -4.51. The number of carbonyl (C=O) groups is 1. The monoisotopic (exact) mass is 450 g/mol. The van der Waals surface area contributed by atoms with Gasteiger partial charge in [0.2, 0.25) is 11.9 Å². The highest BCUT2D eigenvalue weighted by molar-refractivity contribution is 6.03. The van der Waals surface area contributed by atoms with E-state index < -0.39 is 11.9 Å². The quantitative estimate of drug-likeness (QED) is 0.638. The molecule has 0 bridgehead atoms. The fourth-order valence-corrected chi connectivity index (χ4v) is 4.20. The van der Waals surface area contributed by atoms with E-state index in [1.54, 1.807) is 0 Å². The van der Waals surface area contributed by atoms with Crippen LogP contribution in [0.2, 0.25) is 0 Å². The lowest BCUT2D eigenvalue weighted by atomic mass is 10.1. The van der Waals surface area contributed by atoms with Crippen molar-refractivity contribution in [3.8, 4) is 0 Å². The van der Waals surface area contributed by atoms with Crippen LogP contribution in [0.15, 0.2) is 12.4 Å². The molecule has 4 rings (SSSR count). The van der Waals surface area contributed by atoms with E-state index in [0.29, 0.717) is 35.4 Å². The highest BCUT2D eigenvalue weighted by Crippen LogP contribution is 2.34. The minimum absolute atomic E-state index is 0.0451. The summed E-state index contributed by atoms with van der Waals surface area (Å²) >= 11 is 0. The van der Waals surface area contributed by atoms with Crippen LogP contribution in [-0.4, -0.2) is 51.0 Å². The molecule has 2 aromatic heterocycles. The van der Waals surface area contributed by atoms with Crippen LogP contribution in [0.3, 0.4) is 0 Å². The van der Waals surface area contributed by atoms with Crippen molar-refractivity contribution < 1.29 is 18.0 Å². The average molecular weight is 450 g/mol. The first-order chi connectivity index (χ1) is 15.2. The summed E-state index contributed by atoms with van der Waals surface area (Å²) in [6.07, 6.45) is 0.384. The molecule has 2 aliphatic rings. The largest absolute Gasteiger partial charge is 0.434 e. The van der Waals surface area contributed by atoms with Crippen LogP contribution in [0.25, 0.3) is 0 Å². The van der Waals surface area contributed by atoms with Crippen LogP contribution in [0.5, 0.6) is 0 Å². The van der Waals surface area contributed by atoms with Gasteiger partial charge in [-0.15, -0.1) is 0 Å². The van der Waals surface area contributed by atoms with E-state index in [2.05, 4.69) is 35.9 Å². The molecular formula is C20H25F3N8O. The van der Waals surface area contributed by atoms with E-state index in [1.807, 2.05) is 25.8 Å². The third-order valence-corrected chi connectivity index (χ3v) is 5.87. The maximum atomic E-state index is 12.6. The second-order valence-corrected chi connectivity index (χ2v) is 8.14. The van der Waals surface area contributed by atoms with Gasteiger partial charge in [-0.1, -0.05) is 6.92 Å². The summed E-state index contributed by atoms with van der Waals surface area (Å²) in [6, 6.07) is -0.143. The van der Waals surface area contributed by atoms with Crippen LogP contribution in [0.4, 0.5) is 36.4 Å². The smallest absolute Gasteiger partial charge is 0.366 e. The molecule has 12 heteroatoms. The van der Waals surface area contributed by atoms with Gasteiger partial charge in [0.25, 0.3) is 0 Å². The molecule has 2 aromatic rings. The zero-order valence-electron chi connectivity index (χ0n) is 18.0. The lowest BCUT2D eigenvalue weighted by Gasteiger charge is -2.34. The molecule has 32 heavy (non-hydrogen) atoms. The number of rotatable bonds is 5. The van der Waals surface area contributed by atoms with Gasteiger partial charge in [0.15, 0.2) is 11.5 Å². The molecule has 1 amide bonds. The molecule has 1 saturated carbocycles. The second-order valence-electron chi connectivity index (χ2n) is 8.14. The van der Waals surface area contributed by atoms with Crippen molar-refractivity contribution in [3.63, 3.8) is 0 Å². The van der Waals surface area contributed by atoms with E-state index in [0.717, 1.165) is 31.7 Å². The van der Waals surface area contributed by atoms with E-state index in [1.165, 1.54) is 0 Å². The molecule has 1 aliphatic carbocycles. The molecule has 0 spiro atoms. The normalized spacial score (nSPS) is 23.0. The number of alkyl halides is 3. The Morgan fingerprint density at radius 3 is 2.50 bits per heavy atom. The molecule has 0 aromatic carbocycles. The van der Waals surface area contributed by atoms with Crippen LogP contribution in [0.1, 0.15) is 44.0 Å². The Morgan fingerprint density at radius 1 is 1.16 bits per heavy atom. The predicted octanol–water partition coefficient (Wildman–Crippen LogP) is 3.21. The maximum Gasteiger partial charge on any atom is 0.434 e. The minimum Gasteiger partial charge on any atom is -0.366 e. The number of likely N-dealkylation sites (N-methyl/N-ethyl adjacent to an activating group) is 1. The first-order valence-corrected chi connectivity index (χ1v) is 10.5. The van der Waals surface area contributed by atoms with Crippen LogP contribution in [-0.2, 0) is 11.0 Å². The fraction of sp³-hybridized carbons (Fsp3) is 0.550. The van der Waals surface area contributed by atoms with E-state index in [4.69, 9.17) is 0 Å². The summed E-state index contributed by atoms with van der Waals surface area (Å²) in [6.45, 7) is 3.78. The standard InChI is InChI=1S/C20H25F3N8O/c1-4-13-18(32)29-16-10(2)26-19(30-17(16)31(13)3)28-12-6-5-11(7-12)27-15-9-24-14(8-25-15)20(21,22)23/h8-9,11-13H,4-7H2,1-3H3,(H,25,27)(H,29,32)(H,26,28,30)/t11-,12+,13?/m0/s1. The van der Waals surface area contributed by atoms with E-state index >= 15 is 0 Å². The number of aromatic nitrogens is 4. The Kier molecular flexibility index (Phi) is 5.78. The van der Waals surface area contributed by atoms with Gasteiger partial charge in [-0.05, 0) is 32.6 Å². The molecule has 3 heterocycles.